The molecule has 0 saturated carbocycles. The molecule has 9 heteroatoms. The van der Waals surface area contributed by atoms with Gasteiger partial charge in [-0.15, -0.1) is 0 Å². The number of aromatic nitrogens is 1. The van der Waals surface area contributed by atoms with Gasteiger partial charge in [0, 0.05) is 31.5 Å². The van der Waals surface area contributed by atoms with Gasteiger partial charge in [-0.05, 0) is 63.6 Å². The molecule has 4 aliphatic rings. The van der Waals surface area contributed by atoms with Crippen LogP contribution in [0.1, 0.15) is 56.9 Å². The molecule has 0 spiro atoms. The van der Waals surface area contributed by atoms with Crippen molar-refractivity contribution in [3.8, 4) is 0 Å². The lowest BCUT2D eigenvalue weighted by Crippen LogP contribution is -2.36. The summed E-state index contributed by atoms with van der Waals surface area (Å²) in [5.41, 5.74) is 4.11. The van der Waals surface area contributed by atoms with Crippen molar-refractivity contribution in [3.05, 3.63) is 53.2 Å². The first kappa shape index (κ1) is 27.9. The third kappa shape index (κ3) is 8.74. The summed E-state index contributed by atoms with van der Waals surface area (Å²) in [5, 5.41) is 2.74. The highest BCUT2D eigenvalue weighted by molar-refractivity contribution is 5.84. The van der Waals surface area contributed by atoms with Gasteiger partial charge < -0.3 is 30.0 Å². The van der Waals surface area contributed by atoms with E-state index in [1.807, 2.05) is 32.9 Å². The van der Waals surface area contributed by atoms with Crippen molar-refractivity contribution < 1.29 is 23.7 Å². The molecule has 2 aliphatic carbocycles. The SMILES string of the molecule is CC(C)(C)OC(=O)Nc1cc(N2CCOCC2)cc(COC2CCCCO2)n1.N.c1cc2cc(c1)C2. The molecule has 4 N–H and O–H groups in total. The number of rotatable bonds is 5. The van der Waals surface area contributed by atoms with Crippen molar-refractivity contribution in [3.63, 3.8) is 0 Å². The monoisotopic (exact) mass is 500 g/mol. The minimum atomic E-state index is -0.573. The lowest BCUT2D eigenvalue weighted by Gasteiger charge is -2.29. The first-order valence-electron chi connectivity index (χ1n) is 12.5. The second-order valence-electron chi connectivity index (χ2n) is 10.0. The van der Waals surface area contributed by atoms with E-state index in [0.717, 1.165) is 50.3 Å². The quantitative estimate of drug-likeness (QED) is 0.499. The van der Waals surface area contributed by atoms with E-state index >= 15 is 0 Å². The number of hydrogen-bond acceptors (Lipinski definition) is 8. The van der Waals surface area contributed by atoms with Gasteiger partial charge in [0.25, 0.3) is 0 Å². The molecule has 36 heavy (non-hydrogen) atoms. The minimum absolute atomic E-state index is 0. The van der Waals surface area contributed by atoms with Crippen molar-refractivity contribution >= 4 is 17.6 Å². The predicted molar refractivity (Wildman–Crippen MR) is 140 cm³/mol. The number of ether oxygens (including phenoxy) is 4. The number of nitrogens with one attached hydrogen (secondary N) is 1. The number of nitrogens with zero attached hydrogens (tertiary/aromatic N) is 2. The van der Waals surface area contributed by atoms with E-state index in [0.29, 0.717) is 25.6 Å². The summed E-state index contributed by atoms with van der Waals surface area (Å²) in [4.78, 5) is 18.9. The minimum Gasteiger partial charge on any atom is -0.444 e. The summed E-state index contributed by atoms with van der Waals surface area (Å²) in [6.45, 7) is 9.49. The van der Waals surface area contributed by atoms with Gasteiger partial charge in [0.2, 0.25) is 0 Å². The molecule has 1 amide bonds. The number of amides is 1. The number of carbonyl (C=O) groups excluding carboxylic acids is 1. The van der Waals surface area contributed by atoms with Crippen LogP contribution < -0.4 is 16.4 Å². The van der Waals surface area contributed by atoms with Gasteiger partial charge in [0.1, 0.15) is 11.4 Å². The Bertz CT molecular complexity index is 958. The van der Waals surface area contributed by atoms with E-state index in [-0.39, 0.29) is 12.4 Å². The Morgan fingerprint density at radius 1 is 1.11 bits per heavy atom. The Morgan fingerprint density at radius 3 is 2.39 bits per heavy atom. The van der Waals surface area contributed by atoms with Crippen molar-refractivity contribution in [1.82, 2.24) is 11.1 Å². The Kier molecular flexibility index (Phi) is 10.1. The second kappa shape index (κ2) is 13.0. The van der Waals surface area contributed by atoms with Crippen LogP contribution in [0.5, 0.6) is 0 Å². The smallest absolute Gasteiger partial charge is 0.413 e. The Labute approximate surface area is 214 Å². The van der Waals surface area contributed by atoms with E-state index in [1.165, 1.54) is 17.5 Å². The highest BCUT2D eigenvalue weighted by Gasteiger charge is 2.20. The number of pyridine rings is 1. The van der Waals surface area contributed by atoms with Crippen LogP contribution in [-0.4, -0.2) is 55.9 Å². The topological polar surface area (TPSA) is 117 Å². The summed E-state index contributed by atoms with van der Waals surface area (Å²) < 4.78 is 22.3. The van der Waals surface area contributed by atoms with Crippen molar-refractivity contribution in [1.29, 1.82) is 0 Å². The van der Waals surface area contributed by atoms with Crippen LogP contribution in [0.25, 0.3) is 0 Å². The molecule has 198 valence electrons. The number of hydrogen-bond donors (Lipinski definition) is 2. The first-order valence-corrected chi connectivity index (χ1v) is 12.5. The average Bonchev–Trinajstić information content (AvgIpc) is 2.83. The fraction of sp³-hybridized carbons (Fsp3) is 0.556. The van der Waals surface area contributed by atoms with E-state index in [4.69, 9.17) is 18.9 Å². The maximum atomic E-state index is 12.2. The molecule has 2 fully saturated rings. The molecule has 0 radical (unpaired) electrons. The largest absolute Gasteiger partial charge is 0.444 e. The highest BCUT2D eigenvalue weighted by atomic mass is 16.7. The molecule has 1 atom stereocenters. The summed E-state index contributed by atoms with van der Waals surface area (Å²) in [6.07, 6.45) is 3.58. The van der Waals surface area contributed by atoms with Crippen LogP contribution in [-0.2, 0) is 32.0 Å². The maximum Gasteiger partial charge on any atom is 0.413 e. The molecule has 2 saturated heterocycles. The van der Waals surface area contributed by atoms with Gasteiger partial charge in [-0.1, -0.05) is 24.3 Å². The molecular weight excluding hydrogens is 460 g/mol. The zero-order chi connectivity index (χ0) is 24.7. The van der Waals surface area contributed by atoms with E-state index in [1.54, 1.807) is 0 Å². The zero-order valence-corrected chi connectivity index (χ0v) is 21.8. The molecule has 1 aromatic carbocycles. The molecule has 9 nitrogen and oxygen atoms in total. The average molecular weight is 501 g/mol. The number of carbonyl (C=O) groups is 1. The molecule has 2 aliphatic heterocycles. The van der Waals surface area contributed by atoms with E-state index in [2.05, 4.69) is 39.5 Å². The molecule has 6 rings (SSSR count). The molecule has 2 bridgehead atoms. The van der Waals surface area contributed by atoms with E-state index < -0.39 is 11.7 Å². The van der Waals surface area contributed by atoms with Gasteiger partial charge in [-0.3, -0.25) is 5.32 Å². The highest BCUT2D eigenvalue weighted by Crippen LogP contribution is 2.23. The predicted octanol–water partition coefficient (Wildman–Crippen LogP) is 5.06. The zero-order valence-electron chi connectivity index (χ0n) is 21.8. The number of morpholine rings is 1. The lowest BCUT2D eigenvalue weighted by molar-refractivity contribution is -0.169. The van der Waals surface area contributed by atoms with Crippen LogP contribution in [0.3, 0.4) is 0 Å². The third-order valence-electron chi connectivity index (χ3n) is 5.82. The fourth-order valence-electron chi connectivity index (χ4n) is 4.10. The number of benzene rings is 1. The maximum absolute atomic E-state index is 12.2. The van der Waals surface area contributed by atoms with Gasteiger partial charge in [0.15, 0.2) is 6.29 Å². The van der Waals surface area contributed by atoms with Gasteiger partial charge in [-0.25, -0.2) is 9.78 Å². The summed E-state index contributed by atoms with van der Waals surface area (Å²) in [7, 11) is 0. The Hall–Kier alpha value is -2.72. The van der Waals surface area contributed by atoms with Gasteiger partial charge in [0.05, 0.1) is 25.5 Å². The van der Waals surface area contributed by atoms with Crippen molar-refractivity contribution in [2.75, 3.05) is 43.1 Å². The van der Waals surface area contributed by atoms with Gasteiger partial charge in [-0.2, -0.15) is 0 Å². The second-order valence-corrected chi connectivity index (χ2v) is 10.0. The van der Waals surface area contributed by atoms with Gasteiger partial charge >= 0.3 is 6.09 Å². The van der Waals surface area contributed by atoms with Crippen LogP contribution in [0.2, 0.25) is 0 Å². The molecule has 1 unspecified atom stereocenters. The third-order valence-corrected chi connectivity index (χ3v) is 5.82. The number of anilines is 2. The van der Waals surface area contributed by atoms with Crippen LogP contribution in [0.4, 0.5) is 16.3 Å². The Morgan fingerprint density at radius 2 is 1.83 bits per heavy atom. The van der Waals surface area contributed by atoms with Crippen molar-refractivity contribution in [2.24, 2.45) is 0 Å². The molecule has 3 heterocycles. The van der Waals surface area contributed by atoms with Crippen LogP contribution in [0.15, 0.2) is 36.4 Å². The lowest BCUT2D eigenvalue weighted by atomic mass is 9.94. The summed E-state index contributed by atoms with van der Waals surface area (Å²) in [6, 6.07) is 12.5. The van der Waals surface area contributed by atoms with Crippen LogP contribution >= 0.6 is 0 Å². The fourth-order valence-corrected chi connectivity index (χ4v) is 4.10. The van der Waals surface area contributed by atoms with Crippen molar-refractivity contribution in [2.45, 2.75) is 65.0 Å². The molecule has 1 aromatic heterocycles. The summed E-state index contributed by atoms with van der Waals surface area (Å²) >= 11 is 0. The first-order chi connectivity index (χ1) is 16.8. The van der Waals surface area contributed by atoms with E-state index in [9.17, 15) is 4.79 Å². The molecule has 2 aromatic rings. The molecular formula is C27H40N4O5. The standard InChI is InChI=1S/C20H31N3O5.C7H6.H3N/c1-20(2,3)28-19(24)22-17-13-16(23-7-10-25-11-8-23)12-15(21-17)14-27-18-6-4-5-9-26-18;1-2-6-4-7(3-1)5-6;/h12-13,18H,4-11,14H2,1-3H3,(H,21,22,24);1-4H,5H2;1H3. The summed E-state index contributed by atoms with van der Waals surface area (Å²) in [5.74, 6) is 0.446. The normalized spacial score (nSPS) is 18.6. The number of fused-ring (bicyclic) bond motifs is 2. The van der Waals surface area contributed by atoms with Crippen LogP contribution in [0, 0.1) is 0 Å². The Balaban J connectivity index is 0.000000382.